The number of carbonyl (C=O) groups is 3. The van der Waals surface area contributed by atoms with Crippen molar-refractivity contribution in [3.63, 3.8) is 0 Å². The fourth-order valence-corrected chi connectivity index (χ4v) is 10.4. The van der Waals surface area contributed by atoms with E-state index in [1.807, 2.05) is 24.3 Å². The number of aromatic nitrogens is 7. The predicted molar refractivity (Wildman–Crippen MR) is 241 cm³/mol. The molecule has 354 valence electrons. The number of hydrogen-bond donors (Lipinski definition) is 3. The highest BCUT2D eigenvalue weighted by Crippen LogP contribution is 2.36. The van der Waals surface area contributed by atoms with Gasteiger partial charge >= 0.3 is 0 Å². The summed E-state index contributed by atoms with van der Waals surface area (Å²) in [6, 6.07) is 8.21. The third-order valence-corrected chi connectivity index (χ3v) is 14.1. The van der Waals surface area contributed by atoms with Crippen molar-refractivity contribution < 1.29 is 37.0 Å². The van der Waals surface area contributed by atoms with Crippen LogP contribution in [0, 0.1) is 17.8 Å². The normalized spacial score (nSPS) is 24.5. The monoisotopic (exact) mass is 924 g/mol. The van der Waals surface area contributed by atoms with Gasteiger partial charge in [-0.1, -0.05) is 24.0 Å². The number of piperidine rings is 3. The minimum absolute atomic E-state index is 0.0412. The van der Waals surface area contributed by atoms with Crippen molar-refractivity contribution in [1.82, 2.24) is 49.7 Å². The molecule has 20 heteroatoms. The van der Waals surface area contributed by atoms with Gasteiger partial charge in [0, 0.05) is 70.0 Å². The van der Waals surface area contributed by atoms with Crippen LogP contribution in [-0.4, -0.2) is 134 Å². The van der Waals surface area contributed by atoms with E-state index in [0.717, 1.165) is 75.3 Å². The van der Waals surface area contributed by atoms with Crippen LogP contribution in [0.3, 0.4) is 0 Å². The van der Waals surface area contributed by atoms with E-state index in [1.54, 1.807) is 22.6 Å². The Kier molecular flexibility index (Phi) is 13.0. The van der Waals surface area contributed by atoms with Crippen LogP contribution >= 0.6 is 0 Å². The molecule has 4 aromatic heterocycles. The molecule has 3 atom stereocenters. The number of alkyl halides is 3. The number of benzene rings is 1. The number of imide groups is 1. The lowest BCUT2D eigenvalue weighted by Crippen LogP contribution is -2.53. The quantitative estimate of drug-likeness (QED) is 0.116. The summed E-state index contributed by atoms with van der Waals surface area (Å²) in [4.78, 5) is 47.0. The number of likely N-dealkylation sites (tertiary alicyclic amines) is 1. The molecular formula is C47H55F3N12O5. The first-order valence-corrected chi connectivity index (χ1v) is 23.4. The molecule has 5 fully saturated rings. The Bertz CT molecular complexity index is 2690. The first-order chi connectivity index (χ1) is 32.5. The van der Waals surface area contributed by atoms with Crippen molar-refractivity contribution in [3.05, 3.63) is 65.4 Å². The molecule has 1 aliphatic carbocycles. The van der Waals surface area contributed by atoms with Gasteiger partial charge in [0.25, 0.3) is 12.3 Å². The van der Waals surface area contributed by atoms with Gasteiger partial charge in [-0.3, -0.25) is 34.0 Å². The molecule has 3 amide bonds. The van der Waals surface area contributed by atoms with Crippen LogP contribution in [0.1, 0.15) is 103 Å². The maximum Gasteiger partial charge on any atom is 0.284 e. The van der Waals surface area contributed by atoms with E-state index in [0.29, 0.717) is 67.1 Å². The van der Waals surface area contributed by atoms with Gasteiger partial charge in [0.15, 0.2) is 11.3 Å². The third kappa shape index (κ3) is 9.64. The number of nitrogens with zero attached hydrogens (tertiary/aromatic N) is 9. The Morgan fingerprint density at radius 1 is 1.01 bits per heavy atom. The molecule has 4 saturated heterocycles. The molecule has 4 aliphatic heterocycles. The molecule has 67 heavy (non-hydrogen) atoms. The molecule has 10 rings (SSSR count). The van der Waals surface area contributed by atoms with Gasteiger partial charge < -0.3 is 25.0 Å². The van der Waals surface area contributed by atoms with Crippen LogP contribution in [0.4, 0.5) is 24.7 Å². The lowest BCUT2D eigenvalue weighted by Gasteiger charge is -2.38. The van der Waals surface area contributed by atoms with Crippen LogP contribution in [0.25, 0.3) is 16.6 Å². The van der Waals surface area contributed by atoms with Crippen molar-refractivity contribution in [2.75, 3.05) is 62.8 Å². The average molecular weight is 925 g/mol. The van der Waals surface area contributed by atoms with Gasteiger partial charge in [-0.25, -0.2) is 22.7 Å². The number of carbonyl (C=O) groups excluding carboxylic acids is 3. The highest BCUT2D eigenvalue weighted by atomic mass is 19.3. The van der Waals surface area contributed by atoms with Crippen molar-refractivity contribution in [3.8, 4) is 11.8 Å². The van der Waals surface area contributed by atoms with E-state index in [9.17, 15) is 23.2 Å². The Hall–Kier alpha value is -5.88. The molecule has 17 nitrogen and oxygen atoms in total. The molecular weight excluding hydrogens is 870 g/mol. The summed E-state index contributed by atoms with van der Waals surface area (Å²) in [7, 11) is 1.80. The number of halogens is 3. The van der Waals surface area contributed by atoms with Crippen molar-refractivity contribution >= 4 is 45.8 Å². The summed E-state index contributed by atoms with van der Waals surface area (Å²) in [5, 5.41) is 22.7. The number of aryl methyl sites for hydroxylation is 1. The Balaban J connectivity index is 0.695. The largest absolute Gasteiger partial charge is 0.378 e. The van der Waals surface area contributed by atoms with Gasteiger partial charge in [-0.2, -0.15) is 15.3 Å². The molecule has 1 unspecified atom stereocenters. The molecule has 3 N–H and O–H groups in total. The van der Waals surface area contributed by atoms with Crippen molar-refractivity contribution in [2.24, 2.45) is 13.0 Å². The lowest BCUT2D eigenvalue weighted by atomic mass is 9.85. The van der Waals surface area contributed by atoms with E-state index in [2.05, 4.69) is 52.9 Å². The van der Waals surface area contributed by atoms with E-state index >= 15 is 4.39 Å². The zero-order valence-corrected chi connectivity index (χ0v) is 37.4. The van der Waals surface area contributed by atoms with Gasteiger partial charge in [0.1, 0.15) is 24.2 Å². The SMILES string of the molecule is Cn1nc(C2CCC(=O)NC2=O)c2cccc(C#CCO[C@H]3CCN(CC4CCC(n5cc(NC(=O)c6cnn7ccc(N8CCC(NC9COC9)CC8)nc67)c(C(F)F)n5)CC4)C[C@H]3F)c21. The second kappa shape index (κ2) is 19.4. The van der Waals surface area contributed by atoms with E-state index < -0.39 is 36.2 Å². The fraction of sp³-hybridized carbons (Fsp3) is 0.553. The molecule has 5 aliphatic rings. The lowest BCUT2D eigenvalue weighted by molar-refractivity contribution is -0.134. The van der Waals surface area contributed by atoms with Crippen LogP contribution in [0.5, 0.6) is 0 Å². The Morgan fingerprint density at radius 2 is 1.84 bits per heavy atom. The minimum Gasteiger partial charge on any atom is -0.378 e. The number of amides is 3. The number of nitrogens with one attached hydrogen (secondary N) is 3. The zero-order chi connectivity index (χ0) is 46.2. The van der Waals surface area contributed by atoms with Crippen LogP contribution in [0.15, 0.2) is 42.9 Å². The van der Waals surface area contributed by atoms with Crippen LogP contribution in [-0.2, 0) is 26.1 Å². The zero-order valence-electron chi connectivity index (χ0n) is 37.4. The number of rotatable bonds is 12. The predicted octanol–water partition coefficient (Wildman–Crippen LogP) is 4.69. The summed E-state index contributed by atoms with van der Waals surface area (Å²) >= 11 is 0. The molecule has 5 aromatic rings. The summed E-state index contributed by atoms with van der Waals surface area (Å²) in [5.74, 6) is 5.50. The maximum absolute atomic E-state index is 15.5. The Morgan fingerprint density at radius 3 is 2.58 bits per heavy atom. The number of anilines is 2. The highest BCUT2D eigenvalue weighted by molar-refractivity contribution is 6.08. The molecule has 1 saturated carbocycles. The topological polar surface area (TPSA) is 178 Å². The number of hydrogen-bond acceptors (Lipinski definition) is 12. The summed E-state index contributed by atoms with van der Waals surface area (Å²) in [6.07, 6.45) is 6.22. The highest BCUT2D eigenvalue weighted by Gasteiger charge is 2.35. The van der Waals surface area contributed by atoms with Gasteiger partial charge in [-0.15, -0.1) is 0 Å². The summed E-state index contributed by atoms with van der Waals surface area (Å²) in [5.41, 5.74) is 2.10. The Labute approximate surface area is 385 Å². The standard InChI is InChI=1S/C47H55F3N12O5/c1-58-43-29(4-2-6-33(43)41(56-58)34-11-12-40(63)55-46(34)64)5-3-21-67-38-15-17-59(24-36(38)48)23-28-7-9-32(10-8-28)62-25-37(42(57-62)44(49)50)53-47(65)35-22-51-61-20-16-39(54-45(35)61)60-18-13-30(14-19-60)52-31-26-66-27-31/h2,4,6,16,20,22,25,28,30-32,34,36,38,44,52H,7-15,17-19,21,23-24,26-27H2,1H3,(H,53,65)(H,55,63,64)/t28?,32?,34?,36-,38+/m1/s1. The smallest absolute Gasteiger partial charge is 0.284 e. The third-order valence-electron chi connectivity index (χ3n) is 14.1. The van der Waals surface area contributed by atoms with Crippen LogP contribution < -0.4 is 20.9 Å². The van der Waals surface area contributed by atoms with Gasteiger partial charge in [-0.05, 0) is 69.4 Å². The second-order valence-corrected chi connectivity index (χ2v) is 18.5. The fourth-order valence-electron chi connectivity index (χ4n) is 10.4. The first-order valence-electron chi connectivity index (χ1n) is 23.4. The van der Waals surface area contributed by atoms with Crippen molar-refractivity contribution in [2.45, 2.75) is 101 Å². The molecule has 0 bridgehead atoms. The minimum atomic E-state index is -2.90. The van der Waals surface area contributed by atoms with E-state index in [4.69, 9.17) is 14.5 Å². The summed E-state index contributed by atoms with van der Waals surface area (Å²) in [6.45, 7) is 4.86. The van der Waals surface area contributed by atoms with E-state index in [-0.39, 0.29) is 48.7 Å². The van der Waals surface area contributed by atoms with E-state index in [1.165, 1.54) is 16.9 Å². The number of para-hydroxylation sites is 1. The van der Waals surface area contributed by atoms with Gasteiger partial charge in [0.2, 0.25) is 11.8 Å². The average Bonchev–Trinajstić information content (AvgIpc) is 4.03. The summed E-state index contributed by atoms with van der Waals surface area (Å²) < 4.78 is 60.2. The maximum atomic E-state index is 15.5. The number of fused-ring (bicyclic) bond motifs is 2. The van der Waals surface area contributed by atoms with Crippen LogP contribution in [0.2, 0.25) is 0 Å². The molecule has 8 heterocycles. The number of ether oxygens (including phenoxy) is 2. The molecule has 0 spiro atoms. The molecule has 0 radical (unpaired) electrons. The molecule has 1 aromatic carbocycles. The first kappa shape index (κ1) is 44.9. The second-order valence-electron chi connectivity index (χ2n) is 18.5. The van der Waals surface area contributed by atoms with Crippen molar-refractivity contribution in [1.29, 1.82) is 0 Å². The van der Waals surface area contributed by atoms with Gasteiger partial charge in [0.05, 0.1) is 66.0 Å².